The van der Waals surface area contributed by atoms with Gasteiger partial charge in [-0.1, -0.05) is 0 Å². The van der Waals surface area contributed by atoms with Gasteiger partial charge in [-0.15, -0.1) is 0 Å². The van der Waals surface area contributed by atoms with Gasteiger partial charge in [0.05, 0.1) is 6.61 Å². The number of hydrogen-bond donors (Lipinski definition) is 9. The Balaban J connectivity index is 5.01. The summed E-state index contributed by atoms with van der Waals surface area (Å²) in [6, 6.07) is -4.99. The second-order valence-electron chi connectivity index (χ2n) is 6.93. The van der Waals surface area contributed by atoms with Crippen LogP contribution in [0.4, 0.5) is 0 Å². The van der Waals surface area contributed by atoms with Crippen LogP contribution in [-0.2, 0) is 24.0 Å². The standard InChI is InChI=1S/C17H32N8O7/c1-8(13(28)25-11(16(31)32)3-2-6-22-17(20)21)23-15(30)10(4-5-12(19)27)24-14(29)9(18)7-26/h8-11,26H,2-7,18H2,1H3,(H2,19,27)(H,23,30)(H,24,29)(H,25,28)(H,31,32)(H4,20,21,22)/t8-,9-,10-,11-/m0/s1. The van der Waals surface area contributed by atoms with Crippen LogP contribution in [0.1, 0.15) is 32.6 Å². The van der Waals surface area contributed by atoms with E-state index in [1.807, 2.05) is 0 Å². The third-order valence-electron chi connectivity index (χ3n) is 4.16. The zero-order valence-corrected chi connectivity index (χ0v) is 17.7. The van der Waals surface area contributed by atoms with Gasteiger partial charge >= 0.3 is 5.97 Å². The number of primary amides is 1. The first-order chi connectivity index (χ1) is 14.9. The molecule has 15 nitrogen and oxygen atoms in total. The zero-order chi connectivity index (χ0) is 24.8. The van der Waals surface area contributed by atoms with Crippen molar-refractivity contribution in [2.24, 2.45) is 27.9 Å². The van der Waals surface area contributed by atoms with Gasteiger partial charge in [0.25, 0.3) is 0 Å². The Morgan fingerprint density at radius 3 is 2.00 bits per heavy atom. The van der Waals surface area contributed by atoms with Gasteiger partial charge in [0.15, 0.2) is 5.96 Å². The van der Waals surface area contributed by atoms with Crippen LogP contribution in [0.5, 0.6) is 0 Å². The van der Waals surface area contributed by atoms with Crippen molar-refractivity contribution in [3.63, 3.8) is 0 Å². The number of nitrogens with zero attached hydrogens (tertiary/aromatic N) is 1. The fourth-order valence-corrected chi connectivity index (χ4v) is 2.35. The van der Waals surface area contributed by atoms with E-state index in [2.05, 4.69) is 20.9 Å². The van der Waals surface area contributed by atoms with E-state index >= 15 is 0 Å². The van der Waals surface area contributed by atoms with Crippen LogP contribution in [0.25, 0.3) is 0 Å². The van der Waals surface area contributed by atoms with Crippen molar-refractivity contribution >= 4 is 35.6 Å². The number of aliphatic carboxylic acids is 1. The zero-order valence-electron chi connectivity index (χ0n) is 17.7. The topological polar surface area (TPSA) is 278 Å². The molecule has 0 spiro atoms. The van der Waals surface area contributed by atoms with E-state index < -0.39 is 60.4 Å². The van der Waals surface area contributed by atoms with Crippen molar-refractivity contribution < 1.29 is 34.2 Å². The van der Waals surface area contributed by atoms with E-state index in [9.17, 15) is 29.1 Å². The van der Waals surface area contributed by atoms with E-state index in [0.717, 1.165) is 0 Å². The lowest BCUT2D eigenvalue weighted by atomic mass is 10.1. The van der Waals surface area contributed by atoms with E-state index in [4.69, 9.17) is 28.0 Å². The first kappa shape index (κ1) is 28.5. The minimum absolute atomic E-state index is 0.0366. The largest absolute Gasteiger partial charge is 0.480 e. The SMILES string of the molecule is C[C@H](NC(=O)[C@H](CCC(N)=O)NC(=O)[C@@H](N)CO)C(=O)N[C@@H](CCCN=C(N)N)C(=O)O. The minimum Gasteiger partial charge on any atom is -0.480 e. The van der Waals surface area contributed by atoms with Crippen molar-refractivity contribution in [1.29, 1.82) is 0 Å². The van der Waals surface area contributed by atoms with Gasteiger partial charge in [-0.2, -0.15) is 0 Å². The molecule has 0 unspecified atom stereocenters. The van der Waals surface area contributed by atoms with Crippen LogP contribution in [0.2, 0.25) is 0 Å². The number of carboxylic acids is 1. The van der Waals surface area contributed by atoms with Crippen LogP contribution < -0.4 is 38.9 Å². The lowest BCUT2D eigenvalue weighted by molar-refractivity contribution is -0.142. The van der Waals surface area contributed by atoms with Crippen molar-refractivity contribution in [2.75, 3.05) is 13.2 Å². The van der Waals surface area contributed by atoms with Gasteiger partial charge in [0, 0.05) is 13.0 Å². The molecule has 0 aromatic carbocycles. The molecule has 0 saturated carbocycles. The van der Waals surface area contributed by atoms with Crippen molar-refractivity contribution in [1.82, 2.24) is 16.0 Å². The Hall–Kier alpha value is -3.46. The number of aliphatic hydroxyl groups excluding tert-OH is 1. The molecule has 0 heterocycles. The molecule has 0 aromatic rings. The van der Waals surface area contributed by atoms with Gasteiger partial charge in [-0.25, -0.2) is 4.79 Å². The van der Waals surface area contributed by atoms with E-state index in [1.54, 1.807) is 0 Å². The molecule has 0 fully saturated rings. The van der Waals surface area contributed by atoms with Crippen LogP contribution in [0.3, 0.4) is 0 Å². The first-order valence-electron chi connectivity index (χ1n) is 9.73. The number of guanidine groups is 1. The number of carbonyl (C=O) groups is 5. The number of aliphatic hydroxyl groups is 1. The molecule has 0 aromatic heterocycles. The highest BCUT2D eigenvalue weighted by atomic mass is 16.4. The fraction of sp³-hybridized carbons (Fsp3) is 0.647. The van der Waals surface area contributed by atoms with Crippen molar-refractivity contribution in [3.05, 3.63) is 0 Å². The lowest BCUT2D eigenvalue weighted by Gasteiger charge is -2.23. The summed E-state index contributed by atoms with van der Waals surface area (Å²) < 4.78 is 0. The number of carboxylic acid groups (broad SMARTS) is 1. The molecule has 4 amide bonds. The van der Waals surface area contributed by atoms with Crippen LogP contribution in [0.15, 0.2) is 4.99 Å². The number of nitrogens with two attached hydrogens (primary N) is 4. The van der Waals surface area contributed by atoms with E-state index in [0.29, 0.717) is 0 Å². The average molecular weight is 460 g/mol. The second-order valence-corrected chi connectivity index (χ2v) is 6.93. The summed E-state index contributed by atoms with van der Waals surface area (Å²) in [5.41, 5.74) is 20.8. The predicted octanol–water partition coefficient (Wildman–Crippen LogP) is -4.82. The summed E-state index contributed by atoms with van der Waals surface area (Å²) in [6.45, 7) is 0.804. The summed E-state index contributed by atoms with van der Waals surface area (Å²) in [5, 5.41) is 25.1. The molecular weight excluding hydrogens is 428 g/mol. The van der Waals surface area contributed by atoms with Crippen molar-refractivity contribution in [3.8, 4) is 0 Å². The van der Waals surface area contributed by atoms with E-state index in [-0.39, 0.29) is 38.2 Å². The summed E-state index contributed by atoms with van der Waals surface area (Å²) >= 11 is 0. The van der Waals surface area contributed by atoms with E-state index in [1.165, 1.54) is 6.92 Å². The first-order valence-corrected chi connectivity index (χ1v) is 9.73. The number of aliphatic imine (C=N–C) groups is 1. The quantitative estimate of drug-likeness (QED) is 0.0638. The number of carbonyl (C=O) groups excluding carboxylic acids is 4. The van der Waals surface area contributed by atoms with Crippen LogP contribution >= 0.6 is 0 Å². The van der Waals surface area contributed by atoms with Gasteiger partial charge in [0.1, 0.15) is 24.2 Å². The van der Waals surface area contributed by atoms with Crippen molar-refractivity contribution in [2.45, 2.75) is 56.8 Å². The molecule has 182 valence electrons. The maximum atomic E-state index is 12.5. The third-order valence-corrected chi connectivity index (χ3v) is 4.16. The molecule has 0 aliphatic rings. The summed E-state index contributed by atoms with van der Waals surface area (Å²) in [4.78, 5) is 62.8. The van der Waals surface area contributed by atoms with Crippen LogP contribution in [-0.4, -0.2) is 83.1 Å². The highest BCUT2D eigenvalue weighted by Gasteiger charge is 2.28. The molecule has 4 atom stereocenters. The Morgan fingerprint density at radius 1 is 0.906 bits per heavy atom. The molecule has 0 bridgehead atoms. The predicted molar refractivity (Wildman–Crippen MR) is 113 cm³/mol. The Labute approximate surface area is 184 Å². The molecule has 0 aliphatic heterocycles. The number of nitrogens with one attached hydrogen (secondary N) is 3. The second kappa shape index (κ2) is 14.5. The Morgan fingerprint density at radius 2 is 1.50 bits per heavy atom. The summed E-state index contributed by atoms with van der Waals surface area (Å²) in [7, 11) is 0. The Kier molecular flexibility index (Phi) is 13.0. The summed E-state index contributed by atoms with van der Waals surface area (Å²) in [6.07, 6.45) is -0.108. The monoisotopic (exact) mass is 460 g/mol. The van der Waals surface area contributed by atoms with Gasteiger partial charge in [-0.05, 0) is 26.2 Å². The molecule has 0 rings (SSSR count). The Bertz CT molecular complexity index is 711. The molecule has 0 radical (unpaired) electrons. The molecular formula is C17H32N8O7. The maximum absolute atomic E-state index is 12.5. The summed E-state index contributed by atoms with van der Waals surface area (Å²) in [5.74, 6) is -4.62. The molecule has 13 N–H and O–H groups in total. The highest BCUT2D eigenvalue weighted by molar-refractivity contribution is 5.94. The maximum Gasteiger partial charge on any atom is 0.326 e. The van der Waals surface area contributed by atoms with Gasteiger partial charge in [0.2, 0.25) is 23.6 Å². The molecule has 0 aliphatic carbocycles. The minimum atomic E-state index is -1.30. The van der Waals surface area contributed by atoms with Gasteiger partial charge < -0.3 is 49.1 Å². The number of hydrogen-bond acceptors (Lipinski definition) is 8. The molecule has 0 saturated heterocycles. The molecule has 32 heavy (non-hydrogen) atoms. The fourth-order valence-electron chi connectivity index (χ4n) is 2.35. The normalized spacial score (nSPS) is 14.2. The van der Waals surface area contributed by atoms with Crippen LogP contribution in [0, 0.1) is 0 Å². The average Bonchev–Trinajstić information content (AvgIpc) is 2.71. The number of amides is 4. The smallest absolute Gasteiger partial charge is 0.326 e. The lowest BCUT2D eigenvalue weighted by Crippen LogP contribution is -2.56. The third kappa shape index (κ3) is 11.7. The highest BCUT2D eigenvalue weighted by Crippen LogP contribution is 2.02. The van der Waals surface area contributed by atoms with Gasteiger partial charge in [-0.3, -0.25) is 24.2 Å². The number of rotatable bonds is 15. The molecule has 15 heteroatoms.